The highest BCUT2D eigenvalue weighted by Crippen LogP contribution is 2.28. The molecule has 0 atom stereocenters. The fourth-order valence-electron chi connectivity index (χ4n) is 2.99. The number of aryl methyl sites for hydroxylation is 1. The lowest BCUT2D eigenvalue weighted by Crippen LogP contribution is -2.32. The molecule has 3 aromatic rings. The van der Waals surface area contributed by atoms with E-state index in [9.17, 15) is 8.78 Å². The van der Waals surface area contributed by atoms with Crippen LogP contribution in [0, 0.1) is 11.6 Å². The molecule has 2 nitrogen and oxygen atoms in total. The van der Waals surface area contributed by atoms with E-state index in [0.29, 0.717) is 5.56 Å². The summed E-state index contributed by atoms with van der Waals surface area (Å²) in [5, 5.41) is 18.2. The van der Waals surface area contributed by atoms with Gasteiger partial charge in [-0.1, -0.05) is 61.9 Å². The molecule has 0 saturated carbocycles. The molecule has 5 heteroatoms. The van der Waals surface area contributed by atoms with E-state index in [1.165, 1.54) is 23.8 Å². The molecule has 0 aliphatic heterocycles. The van der Waals surface area contributed by atoms with E-state index in [2.05, 4.69) is 6.92 Å². The van der Waals surface area contributed by atoms with Gasteiger partial charge in [0.25, 0.3) is 0 Å². The van der Waals surface area contributed by atoms with Gasteiger partial charge in [-0.05, 0) is 40.8 Å². The zero-order valence-electron chi connectivity index (χ0n) is 14.4. The van der Waals surface area contributed by atoms with Crippen molar-refractivity contribution in [2.24, 2.45) is 0 Å². The van der Waals surface area contributed by atoms with Crippen molar-refractivity contribution in [1.29, 1.82) is 0 Å². The Morgan fingerprint density at radius 2 is 1.38 bits per heavy atom. The zero-order chi connectivity index (χ0) is 18.7. The molecule has 0 aromatic heterocycles. The van der Waals surface area contributed by atoms with E-state index < -0.39 is 18.8 Å². The molecule has 0 amide bonds. The van der Waals surface area contributed by atoms with E-state index in [4.69, 9.17) is 10.0 Å². The summed E-state index contributed by atoms with van der Waals surface area (Å²) < 4.78 is 28.5. The zero-order valence-corrected chi connectivity index (χ0v) is 14.4. The summed E-state index contributed by atoms with van der Waals surface area (Å²) in [5.74, 6) is -1.25. The number of hydrogen-bond donors (Lipinski definition) is 2. The van der Waals surface area contributed by atoms with Gasteiger partial charge in [-0.3, -0.25) is 0 Å². The highest BCUT2D eigenvalue weighted by molar-refractivity contribution is 6.58. The molecular weight excluding hydrogens is 333 g/mol. The maximum Gasteiger partial charge on any atom is 0.491 e. The Bertz CT molecular complexity index is 908. The molecule has 0 aliphatic carbocycles. The van der Waals surface area contributed by atoms with Crippen molar-refractivity contribution in [3.05, 3.63) is 77.9 Å². The van der Waals surface area contributed by atoms with Gasteiger partial charge in [0, 0.05) is 11.0 Å². The van der Waals surface area contributed by atoms with Gasteiger partial charge in [0.15, 0.2) is 0 Å². The van der Waals surface area contributed by atoms with Crippen LogP contribution in [0.3, 0.4) is 0 Å². The van der Waals surface area contributed by atoms with E-state index in [1.807, 2.05) is 24.3 Å². The molecule has 0 fully saturated rings. The topological polar surface area (TPSA) is 40.5 Å². The van der Waals surface area contributed by atoms with Gasteiger partial charge in [0.05, 0.1) is 0 Å². The number of rotatable bonds is 5. The molecule has 0 radical (unpaired) electrons. The first-order valence-electron chi connectivity index (χ1n) is 8.54. The van der Waals surface area contributed by atoms with Crippen molar-refractivity contribution >= 4 is 12.6 Å². The highest BCUT2D eigenvalue weighted by Gasteiger charge is 2.17. The SMILES string of the molecule is CCCc1ccc(-c2ccc(-c3ccc(B(O)O)c(F)c3)c(F)c2)cc1. The van der Waals surface area contributed by atoms with Gasteiger partial charge in [-0.15, -0.1) is 0 Å². The predicted octanol–water partition coefficient (Wildman–Crippen LogP) is 3.93. The Morgan fingerprint density at radius 3 is 1.96 bits per heavy atom. The third kappa shape index (κ3) is 3.84. The Hall–Kier alpha value is -2.50. The predicted molar refractivity (Wildman–Crippen MR) is 101 cm³/mol. The first-order valence-corrected chi connectivity index (χ1v) is 8.54. The van der Waals surface area contributed by atoms with E-state index in [1.54, 1.807) is 12.1 Å². The average molecular weight is 352 g/mol. The molecule has 0 bridgehead atoms. The van der Waals surface area contributed by atoms with Gasteiger partial charge in [0.2, 0.25) is 0 Å². The summed E-state index contributed by atoms with van der Waals surface area (Å²) >= 11 is 0. The summed E-state index contributed by atoms with van der Waals surface area (Å²) in [5.41, 5.74) is 3.27. The normalized spacial score (nSPS) is 10.8. The van der Waals surface area contributed by atoms with Gasteiger partial charge in [0.1, 0.15) is 11.6 Å². The summed E-state index contributed by atoms with van der Waals surface area (Å²) in [7, 11) is -1.90. The van der Waals surface area contributed by atoms with Gasteiger partial charge in [-0.25, -0.2) is 8.78 Å². The van der Waals surface area contributed by atoms with Gasteiger partial charge in [-0.2, -0.15) is 0 Å². The lowest BCUT2D eigenvalue weighted by Gasteiger charge is -2.09. The van der Waals surface area contributed by atoms with Gasteiger partial charge >= 0.3 is 7.12 Å². The fraction of sp³-hybridized carbons (Fsp3) is 0.143. The van der Waals surface area contributed by atoms with Crippen molar-refractivity contribution in [3.63, 3.8) is 0 Å². The summed E-state index contributed by atoms with van der Waals surface area (Å²) in [6, 6.07) is 16.7. The van der Waals surface area contributed by atoms with Crippen molar-refractivity contribution in [3.8, 4) is 22.3 Å². The Morgan fingerprint density at radius 1 is 0.769 bits per heavy atom. The smallest absolute Gasteiger partial charge is 0.423 e. The molecule has 132 valence electrons. The van der Waals surface area contributed by atoms with Crippen LogP contribution in [0.5, 0.6) is 0 Å². The molecule has 0 unspecified atom stereocenters. The first-order chi connectivity index (χ1) is 12.5. The van der Waals surface area contributed by atoms with Crippen molar-refractivity contribution < 1.29 is 18.8 Å². The number of benzene rings is 3. The van der Waals surface area contributed by atoms with Crippen molar-refractivity contribution in [1.82, 2.24) is 0 Å². The Kier molecular flexibility index (Phi) is 5.50. The quantitative estimate of drug-likeness (QED) is 0.683. The average Bonchev–Trinajstić information content (AvgIpc) is 2.62. The molecule has 0 saturated heterocycles. The summed E-state index contributed by atoms with van der Waals surface area (Å²) in [6.07, 6.45) is 2.09. The second-order valence-electron chi connectivity index (χ2n) is 6.25. The van der Waals surface area contributed by atoms with Crippen LogP contribution in [0.2, 0.25) is 0 Å². The molecule has 0 aliphatic rings. The largest absolute Gasteiger partial charge is 0.491 e. The van der Waals surface area contributed by atoms with Crippen molar-refractivity contribution in [2.75, 3.05) is 0 Å². The third-order valence-electron chi connectivity index (χ3n) is 4.38. The molecule has 2 N–H and O–H groups in total. The van der Waals surface area contributed by atoms with E-state index in [0.717, 1.165) is 30.0 Å². The number of halogens is 2. The lowest BCUT2D eigenvalue weighted by atomic mass is 9.79. The second kappa shape index (κ2) is 7.81. The van der Waals surface area contributed by atoms with Crippen LogP contribution in [0.15, 0.2) is 60.7 Å². The van der Waals surface area contributed by atoms with Crippen LogP contribution in [0.4, 0.5) is 8.78 Å². The van der Waals surface area contributed by atoms with Crippen molar-refractivity contribution in [2.45, 2.75) is 19.8 Å². The first kappa shape index (κ1) is 18.3. The van der Waals surface area contributed by atoms with Gasteiger partial charge < -0.3 is 10.0 Å². The van der Waals surface area contributed by atoms with E-state index >= 15 is 0 Å². The molecule has 26 heavy (non-hydrogen) atoms. The number of hydrogen-bond acceptors (Lipinski definition) is 2. The van der Waals surface area contributed by atoms with Crippen LogP contribution in [0.1, 0.15) is 18.9 Å². The second-order valence-corrected chi connectivity index (χ2v) is 6.25. The lowest BCUT2D eigenvalue weighted by molar-refractivity contribution is 0.423. The van der Waals surface area contributed by atoms with Crippen LogP contribution in [-0.4, -0.2) is 17.2 Å². The van der Waals surface area contributed by atoms with Crippen LogP contribution in [-0.2, 0) is 6.42 Å². The summed E-state index contributed by atoms with van der Waals surface area (Å²) in [4.78, 5) is 0. The highest BCUT2D eigenvalue weighted by atomic mass is 19.1. The van der Waals surface area contributed by atoms with Crippen LogP contribution < -0.4 is 5.46 Å². The molecule has 3 rings (SSSR count). The van der Waals surface area contributed by atoms with Crippen LogP contribution in [0.25, 0.3) is 22.3 Å². The monoisotopic (exact) mass is 352 g/mol. The maximum absolute atomic E-state index is 14.6. The minimum absolute atomic E-state index is 0.238. The summed E-state index contributed by atoms with van der Waals surface area (Å²) in [6.45, 7) is 2.12. The molecule has 3 aromatic carbocycles. The van der Waals surface area contributed by atoms with E-state index in [-0.39, 0.29) is 11.0 Å². The Balaban J connectivity index is 1.91. The fourth-order valence-corrected chi connectivity index (χ4v) is 2.99. The molecular formula is C21H19BF2O2. The molecule has 0 spiro atoms. The maximum atomic E-state index is 14.6. The minimum Gasteiger partial charge on any atom is -0.423 e. The third-order valence-corrected chi connectivity index (χ3v) is 4.38. The minimum atomic E-state index is -1.90. The molecule has 0 heterocycles. The standard InChI is InChI=1S/C21H19BF2O2/c1-2-3-14-4-6-15(7-5-14)16-8-10-18(20(23)12-16)17-9-11-19(22(25)26)21(24)13-17/h4-13,25-26H,2-3H2,1H3. The Labute approximate surface area is 151 Å². The van der Waals surface area contributed by atoms with Crippen LogP contribution >= 0.6 is 0 Å².